The molecule has 0 radical (unpaired) electrons. The quantitative estimate of drug-likeness (QED) is 0.183. The van der Waals surface area contributed by atoms with Crippen molar-refractivity contribution in [2.45, 2.75) is 91.1 Å². The molecular weight excluding hydrogens is 478 g/mol. The van der Waals surface area contributed by atoms with Crippen LogP contribution in [0.5, 0.6) is 0 Å². The second-order valence-electron chi connectivity index (χ2n) is 9.78. The molecule has 0 aliphatic rings. The third kappa shape index (κ3) is 12.9. The van der Waals surface area contributed by atoms with Crippen LogP contribution in [-0.4, -0.2) is 11.7 Å². The zero-order valence-electron chi connectivity index (χ0n) is 21.7. The number of benzene rings is 2. The van der Waals surface area contributed by atoms with Crippen molar-refractivity contribution in [2.75, 3.05) is 0 Å². The molecule has 4 unspecified atom stereocenters. The smallest absolute Gasteiger partial charge is 0.281 e. The van der Waals surface area contributed by atoms with Crippen molar-refractivity contribution < 1.29 is 22.9 Å². The minimum atomic E-state index is -2.09. The van der Waals surface area contributed by atoms with Crippen molar-refractivity contribution >= 4 is 16.1 Å². The molecule has 192 valence electrons. The van der Waals surface area contributed by atoms with E-state index in [-0.39, 0.29) is 13.2 Å². The van der Waals surface area contributed by atoms with E-state index in [4.69, 9.17) is 13.8 Å². The molecule has 0 heterocycles. The van der Waals surface area contributed by atoms with Crippen LogP contribution in [0.3, 0.4) is 0 Å². The van der Waals surface area contributed by atoms with E-state index in [0.717, 1.165) is 36.8 Å². The summed E-state index contributed by atoms with van der Waals surface area (Å²) in [6.07, 6.45) is 4.97. The highest BCUT2D eigenvalue weighted by Gasteiger charge is 2.43. The lowest BCUT2D eigenvalue weighted by Crippen LogP contribution is -2.19. The van der Waals surface area contributed by atoms with Gasteiger partial charge in [0.05, 0.1) is 0 Å². The minimum absolute atomic E-state index is 0.259. The predicted molar refractivity (Wildman–Crippen MR) is 144 cm³/mol. The van der Waals surface area contributed by atoms with Gasteiger partial charge in [0.1, 0.15) is 13.2 Å². The summed E-state index contributed by atoms with van der Waals surface area (Å²) >= 11 is 0. The topological polar surface area (TPSA) is 61.8 Å². The molecule has 0 aliphatic heterocycles. The molecule has 0 N–H and O–H groups in total. The van der Waals surface area contributed by atoms with Gasteiger partial charge < -0.3 is 0 Å². The van der Waals surface area contributed by atoms with Gasteiger partial charge in [0.25, 0.3) is 11.7 Å². The van der Waals surface area contributed by atoms with Gasteiger partial charge >= 0.3 is 16.1 Å². The van der Waals surface area contributed by atoms with Gasteiger partial charge in [-0.2, -0.15) is 0 Å². The number of ether oxygens (including phenoxy) is 1. The second-order valence-corrected chi connectivity index (χ2v) is 12.6. The molecule has 0 amide bonds. The first-order valence-corrected chi connectivity index (χ1v) is 15.3. The SMILES string of the molecule is CC(C)CCCC(OC(CCCC(C)C)[P+](=O)OCc1ccccc1)[P+](=O)OCc1ccccc1. The zero-order valence-corrected chi connectivity index (χ0v) is 23.5. The van der Waals surface area contributed by atoms with Crippen molar-refractivity contribution in [3.63, 3.8) is 0 Å². The lowest BCUT2D eigenvalue weighted by Gasteiger charge is -2.13. The summed E-state index contributed by atoms with van der Waals surface area (Å²) in [5.41, 5.74) is 1.92. The first-order valence-electron chi connectivity index (χ1n) is 12.8. The maximum Gasteiger partial charge on any atom is 0.540 e. The third-order valence-electron chi connectivity index (χ3n) is 5.65. The molecule has 2 rings (SSSR count). The molecule has 0 saturated carbocycles. The molecule has 4 atom stereocenters. The van der Waals surface area contributed by atoms with E-state index in [1.165, 1.54) is 0 Å². The molecule has 2 aromatic carbocycles. The van der Waals surface area contributed by atoms with E-state index in [0.29, 0.717) is 24.7 Å². The van der Waals surface area contributed by atoms with Crippen molar-refractivity contribution in [3.8, 4) is 0 Å². The Morgan fingerprint density at radius 1 is 0.600 bits per heavy atom. The maximum absolute atomic E-state index is 13.2. The van der Waals surface area contributed by atoms with Gasteiger partial charge in [-0.15, -0.1) is 9.05 Å². The van der Waals surface area contributed by atoms with E-state index in [1.54, 1.807) is 0 Å². The highest BCUT2D eigenvalue weighted by atomic mass is 31.1. The number of hydrogen-bond donors (Lipinski definition) is 0. The second kappa shape index (κ2) is 17.1. The summed E-state index contributed by atoms with van der Waals surface area (Å²) in [5, 5.41) is 0. The summed E-state index contributed by atoms with van der Waals surface area (Å²) in [6, 6.07) is 19.4. The van der Waals surface area contributed by atoms with E-state index in [9.17, 15) is 9.13 Å². The summed E-state index contributed by atoms with van der Waals surface area (Å²) in [7, 11) is -4.19. The highest BCUT2D eigenvalue weighted by molar-refractivity contribution is 7.40. The average molecular weight is 521 g/mol. The van der Waals surface area contributed by atoms with E-state index >= 15 is 0 Å². The maximum atomic E-state index is 13.2. The molecule has 0 bridgehead atoms. The minimum Gasteiger partial charge on any atom is -0.281 e. The Kier molecular flexibility index (Phi) is 14.5. The Balaban J connectivity index is 2.06. The lowest BCUT2D eigenvalue weighted by atomic mass is 10.1. The van der Waals surface area contributed by atoms with Gasteiger partial charge in [0.2, 0.25) is 0 Å². The molecule has 2 aromatic rings. The average Bonchev–Trinajstić information content (AvgIpc) is 2.85. The Bertz CT molecular complexity index is 787. The third-order valence-corrected chi connectivity index (χ3v) is 8.12. The van der Waals surface area contributed by atoms with E-state index in [2.05, 4.69) is 27.7 Å². The summed E-state index contributed by atoms with van der Waals surface area (Å²) in [4.78, 5) is 0. The van der Waals surface area contributed by atoms with Crippen molar-refractivity contribution in [1.29, 1.82) is 0 Å². The Labute approximate surface area is 213 Å². The van der Waals surface area contributed by atoms with E-state index < -0.39 is 27.7 Å². The lowest BCUT2D eigenvalue weighted by molar-refractivity contribution is 0.0500. The molecule has 0 spiro atoms. The normalized spacial score (nSPS) is 14.2. The van der Waals surface area contributed by atoms with Crippen molar-refractivity contribution in [2.24, 2.45) is 11.8 Å². The Hall–Kier alpha value is -1.48. The fourth-order valence-electron chi connectivity index (χ4n) is 3.62. The van der Waals surface area contributed by atoms with Crippen LogP contribution in [-0.2, 0) is 36.1 Å². The standard InChI is InChI=1S/C28H42O5P2/c1-23(2)13-11-19-27(34(29)31-21-25-15-7-5-8-16-25)33-28(20-12-14-24(3)4)35(30)32-22-26-17-9-6-10-18-26/h5-10,15-18,23-24,27-28H,11-14,19-22H2,1-4H3/q+2. The van der Waals surface area contributed by atoms with Gasteiger partial charge in [-0.05, 0) is 44.9 Å². The van der Waals surface area contributed by atoms with Crippen LogP contribution in [0, 0.1) is 11.8 Å². The molecule has 5 nitrogen and oxygen atoms in total. The molecule has 0 fully saturated rings. The number of hydrogen-bond acceptors (Lipinski definition) is 5. The monoisotopic (exact) mass is 520 g/mol. The molecule has 35 heavy (non-hydrogen) atoms. The molecule has 7 heteroatoms. The Morgan fingerprint density at radius 2 is 0.971 bits per heavy atom. The summed E-state index contributed by atoms with van der Waals surface area (Å²) < 4.78 is 44.1. The predicted octanol–water partition coefficient (Wildman–Crippen LogP) is 9.23. The summed E-state index contributed by atoms with van der Waals surface area (Å²) in [6.45, 7) is 9.20. The molecular formula is C28H42O5P2+2. The van der Waals surface area contributed by atoms with Gasteiger partial charge in [-0.25, -0.2) is 0 Å². The Morgan fingerprint density at radius 3 is 1.31 bits per heavy atom. The van der Waals surface area contributed by atoms with Crippen LogP contribution in [0.4, 0.5) is 0 Å². The number of rotatable bonds is 18. The van der Waals surface area contributed by atoms with E-state index in [1.807, 2.05) is 60.7 Å². The van der Waals surface area contributed by atoms with Crippen LogP contribution in [0.15, 0.2) is 60.7 Å². The van der Waals surface area contributed by atoms with Crippen molar-refractivity contribution in [1.82, 2.24) is 0 Å². The largest absolute Gasteiger partial charge is 0.540 e. The van der Waals surface area contributed by atoms with Crippen molar-refractivity contribution in [3.05, 3.63) is 71.8 Å². The van der Waals surface area contributed by atoms with Gasteiger partial charge in [0, 0.05) is 12.8 Å². The van der Waals surface area contributed by atoms with Gasteiger partial charge in [-0.3, -0.25) is 4.74 Å². The van der Waals surface area contributed by atoms with Gasteiger partial charge in [0.15, 0.2) is 0 Å². The fraction of sp³-hybridized carbons (Fsp3) is 0.571. The van der Waals surface area contributed by atoms with Gasteiger partial charge in [-0.1, -0.05) is 101 Å². The first-order chi connectivity index (χ1) is 16.8. The van der Waals surface area contributed by atoms with Crippen LogP contribution in [0.1, 0.15) is 77.3 Å². The van der Waals surface area contributed by atoms with Crippen LogP contribution >= 0.6 is 16.1 Å². The van der Waals surface area contributed by atoms with Crippen LogP contribution < -0.4 is 0 Å². The molecule has 0 aromatic heterocycles. The molecule has 0 aliphatic carbocycles. The zero-order chi connectivity index (χ0) is 25.5. The molecule has 0 saturated heterocycles. The van der Waals surface area contributed by atoms with Crippen LogP contribution in [0.25, 0.3) is 0 Å². The van der Waals surface area contributed by atoms with Crippen LogP contribution in [0.2, 0.25) is 0 Å². The first kappa shape index (κ1) is 29.7. The highest BCUT2D eigenvalue weighted by Crippen LogP contribution is 2.42. The fourth-order valence-corrected chi connectivity index (χ4v) is 5.88. The summed E-state index contributed by atoms with van der Waals surface area (Å²) in [5.74, 6) is -0.135.